The number of hydrogen-bond donors (Lipinski definition) is 4. The number of anilines is 1. The van der Waals surface area contributed by atoms with Crippen LogP contribution >= 0.6 is 0 Å². The molecule has 1 atom stereocenters. The molecular formula is C21H25N5O3. The van der Waals surface area contributed by atoms with Gasteiger partial charge in [0.1, 0.15) is 6.04 Å². The molecule has 8 heteroatoms. The molecule has 1 fully saturated rings. The number of amides is 4. The number of nitrogens with one attached hydrogen (secondary N) is 3. The van der Waals surface area contributed by atoms with E-state index in [0.717, 1.165) is 23.2 Å². The highest BCUT2D eigenvalue weighted by molar-refractivity contribution is 6.04. The van der Waals surface area contributed by atoms with Crippen LogP contribution in [0.1, 0.15) is 34.8 Å². The summed E-state index contributed by atoms with van der Waals surface area (Å²) in [6, 6.07) is 13.2. The summed E-state index contributed by atoms with van der Waals surface area (Å²) < 4.78 is 0. The van der Waals surface area contributed by atoms with Crippen molar-refractivity contribution in [1.29, 1.82) is 0 Å². The van der Waals surface area contributed by atoms with Crippen LogP contribution < -0.4 is 21.9 Å². The van der Waals surface area contributed by atoms with Crippen LogP contribution in [0.3, 0.4) is 0 Å². The molecule has 1 heterocycles. The van der Waals surface area contributed by atoms with E-state index >= 15 is 0 Å². The number of urea groups is 1. The molecule has 0 aliphatic carbocycles. The predicted molar refractivity (Wildman–Crippen MR) is 110 cm³/mol. The summed E-state index contributed by atoms with van der Waals surface area (Å²) in [4.78, 5) is 38.4. The van der Waals surface area contributed by atoms with Crippen LogP contribution in [0.15, 0.2) is 48.5 Å². The van der Waals surface area contributed by atoms with Gasteiger partial charge in [0, 0.05) is 24.2 Å². The van der Waals surface area contributed by atoms with Crippen molar-refractivity contribution >= 4 is 23.5 Å². The van der Waals surface area contributed by atoms with Crippen molar-refractivity contribution < 1.29 is 14.4 Å². The van der Waals surface area contributed by atoms with Gasteiger partial charge in [0.05, 0.1) is 6.54 Å². The SMILES string of the molecule is CCCNC(=O)c1cccc(CN2C(=O)NC(Cc3ccc(NN)cc3)C2=O)c1. The molecule has 2 aromatic rings. The molecule has 8 nitrogen and oxygen atoms in total. The summed E-state index contributed by atoms with van der Waals surface area (Å²) in [6.07, 6.45) is 1.24. The summed E-state index contributed by atoms with van der Waals surface area (Å²) in [5.74, 6) is 4.91. The van der Waals surface area contributed by atoms with Crippen LogP contribution in [-0.2, 0) is 17.8 Å². The summed E-state index contributed by atoms with van der Waals surface area (Å²) in [5.41, 5.74) is 5.45. The van der Waals surface area contributed by atoms with E-state index < -0.39 is 12.1 Å². The Hall–Kier alpha value is -3.39. The molecule has 0 saturated carbocycles. The van der Waals surface area contributed by atoms with E-state index in [0.29, 0.717) is 18.5 Å². The molecule has 3 rings (SSSR count). The highest BCUT2D eigenvalue weighted by atomic mass is 16.2. The van der Waals surface area contributed by atoms with Crippen LogP contribution in [-0.4, -0.2) is 35.3 Å². The highest BCUT2D eigenvalue weighted by Gasteiger charge is 2.37. The average Bonchev–Trinajstić information content (AvgIpc) is 3.00. The van der Waals surface area contributed by atoms with Gasteiger partial charge >= 0.3 is 6.03 Å². The van der Waals surface area contributed by atoms with E-state index in [2.05, 4.69) is 16.1 Å². The van der Waals surface area contributed by atoms with Crippen molar-refractivity contribution in [2.45, 2.75) is 32.4 Å². The van der Waals surface area contributed by atoms with E-state index in [1.165, 1.54) is 4.90 Å². The number of imide groups is 1. The van der Waals surface area contributed by atoms with Crippen molar-refractivity contribution in [2.24, 2.45) is 5.84 Å². The summed E-state index contributed by atoms with van der Waals surface area (Å²) in [7, 11) is 0. The number of nitrogens with two attached hydrogens (primary N) is 1. The molecule has 4 amide bonds. The summed E-state index contributed by atoms with van der Waals surface area (Å²) in [5, 5.41) is 5.55. The molecule has 1 aliphatic rings. The molecule has 2 aromatic carbocycles. The lowest BCUT2D eigenvalue weighted by atomic mass is 10.1. The van der Waals surface area contributed by atoms with Crippen molar-refractivity contribution in [3.63, 3.8) is 0 Å². The fourth-order valence-electron chi connectivity index (χ4n) is 3.17. The Labute approximate surface area is 169 Å². The number of nitrogen functional groups attached to an aromatic ring is 1. The first kappa shape index (κ1) is 20.3. The van der Waals surface area contributed by atoms with E-state index in [1.807, 2.05) is 31.2 Å². The van der Waals surface area contributed by atoms with Gasteiger partial charge in [0.15, 0.2) is 0 Å². The first-order valence-corrected chi connectivity index (χ1v) is 9.56. The third-order valence-corrected chi connectivity index (χ3v) is 4.73. The van der Waals surface area contributed by atoms with Crippen molar-refractivity contribution in [1.82, 2.24) is 15.5 Å². The monoisotopic (exact) mass is 395 g/mol. The number of hydrogen-bond acceptors (Lipinski definition) is 5. The van der Waals surface area contributed by atoms with Gasteiger partial charge in [-0.3, -0.25) is 20.3 Å². The minimum Gasteiger partial charge on any atom is -0.352 e. The molecule has 1 aliphatic heterocycles. The molecular weight excluding hydrogens is 370 g/mol. The Morgan fingerprint density at radius 2 is 1.90 bits per heavy atom. The lowest BCUT2D eigenvalue weighted by molar-refractivity contribution is -0.127. The average molecular weight is 395 g/mol. The number of rotatable bonds is 8. The quantitative estimate of drug-likeness (QED) is 0.309. The number of nitrogens with zero attached hydrogens (tertiary/aromatic N) is 1. The zero-order chi connectivity index (χ0) is 20.8. The zero-order valence-electron chi connectivity index (χ0n) is 16.3. The van der Waals surface area contributed by atoms with Crippen molar-refractivity contribution in [2.75, 3.05) is 12.0 Å². The number of benzene rings is 2. The Morgan fingerprint density at radius 3 is 2.59 bits per heavy atom. The molecule has 1 saturated heterocycles. The van der Waals surface area contributed by atoms with Gasteiger partial charge in [-0.2, -0.15) is 0 Å². The van der Waals surface area contributed by atoms with Crippen molar-refractivity contribution in [3.05, 3.63) is 65.2 Å². The first-order valence-electron chi connectivity index (χ1n) is 9.56. The predicted octanol–water partition coefficient (Wildman–Crippen LogP) is 1.78. The maximum atomic E-state index is 12.7. The standard InChI is InChI=1S/C21H25N5O3/c1-2-10-23-19(27)16-5-3-4-15(11-16)13-26-20(28)18(24-21(26)29)12-14-6-8-17(25-22)9-7-14/h3-9,11,18,25H,2,10,12-13,22H2,1H3,(H,23,27)(H,24,29). The number of carbonyl (C=O) groups is 3. The number of hydrazine groups is 1. The molecule has 0 bridgehead atoms. The van der Waals surface area contributed by atoms with Crippen LogP contribution in [0, 0.1) is 0 Å². The highest BCUT2D eigenvalue weighted by Crippen LogP contribution is 2.17. The summed E-state index contributed by atoms with van der Waals surface area (Å²) >= 11 is 0. The van der Waals surface area contributed by atoms with Gasteiger partial charge < -0.3 is 16.1 Å². The Balaban J connectivity index is 1.66. The lowest BCUT2D eigenvalue weighted by Crippen LogP contribution is -2.32. The molecule has 0 spiro atoms. The van der Waals surface area contributed by atoms with Gasteiger partial charge in [-0.1, -0.05) is 31.2 Å². The fourth-order valence-corrected chi connectivity index (χ4v) is 3.17. The van der Waals surface area contributed by atoms with Gasteiger partial charge in [0.25, 0.3) is 11.8 Å². The maximum Gasteiger partial charge on any atom is 0.325 e. The third kappa shape index (κ3) is 4.91. The molecule has 0 radical (unpaired) electrons. The molecule has 1 unspecified atom stereocenters. The van der Waals surface area contributed by atoms with Crippen LogP contribution in [0.4, 0.5) is 10.5 Å². The second-order valence-electron chi connectivity index (χ2n) is 6.93. The van der Waals surface area contributed by atoms with E-state index in [4.69, 9.17) is 5.84 Å². The van der Waals surface area contributed by atoms with Gasteiger partial charge in [-0.15, -0.1) is 0 Å². The van der Waals surface area contributed by atoms with Crippen LogP contribution in [0.5, 0.6) is 0 Å². The molecule has 29 heavy (non-hydrogen) atoms. The molecule has 152 valence electrons. The lowest BCUT2D eigenvalue weighted by Gasteiger charge is -2.14. The Morgan fingerprint density at radius 1 is 1.14 bits per heavy atom. The minimum atomic E-state index is -0.616. The zero-order valence-corrected chi connectivity index (χ0v) is 16.3. The second kappa shape index (κ2) is 9.20. The van der Waals surface area contributed by atoms with E-state index in [9.17, 15) is 14.4 Å². The smallest absolute Gasteiger partial charge is 0.325 e. The van der Waals surface area contributed by atoms with Crippen molar-refractivity contribution in [3.8, 4) is 0 Å². The van der Waals surface area contributed by atoms with Gasteiger partial charge in [-0.05, 0) is 41.8 Å². The summed E-state index contributed by atoms with van der Waals surface area (Å²) in [6.45, 7) is 2.69. The Kier molecular flexibility index (Phi) is 6.46. The fraction of sp³-hybridized carbons (Fsp3) is 0.286. The minimum absolute atomic E-state index is 0.117. The molecule has 0 aromatic heterocycles. The first-order chi connectivity index (χ1) is 14.0. The number of carbonyl (C=O) groups excluding carboxylic acids is 3. The second-order valence-corrected chi connectivity index (χ2v) is 6.93. The van der Waals surface area contributed by atoms with E-state index in [1.54, 1.807) is 24.3 Å². The Bertz CT molecular complexity index is 897. The van der Waals surface area contributed by atoms with Crippen LogP contribution in [0.2, 0.25) is 0 Å². The maximum absolute atomic E-state index is 12.7. The molecule has 5 N–H and O–H groups in total. The topological polar surface area (TPSA) is 117 Å². The largest absolute Gasteiger partial charge is 0.352 e. The van der Waals surface area contributed by atoms with E-state index in [-0.39, 0.29) is 18.4 Å². The van der Waals surface area contributed by atoms with Crippen LogP contribution in [0.25, 0.3) is 0 Å². The van der Waals surface area contributed by atoms with Gasteiger partial charge in [-0.25, -0.2) is 4.79 Å². The normalized spacial score (nSPS) is 15.9. The van der Waals surface area contributed by atoms with Gasteiger partial charge in [0.2, 0.25) is 0 Å². The third-order valence-electron chi connectivity index (χ3n) is 4.73.